The van der Waals surface area contributed by atoms with E-state index >= 15 is 0 Å². The van der Waals surface area contributed by atoms with Crippen molar-refractivity contribution in [3.63, 3.8) is 0 Å². The first-order valence-electron chi connectivity index (χ1n) is 7.07. The van der Waals surface area contributed by atoms with E-state index < -0.39 is 0 Å². The number of nitrogens with zero attached hydrogens (tertiary/aromatic N) is 3. The molecule has 0 fully saturated rings. The number of hydrogen-bond acceptors (Lipinski definition) is 7. The second kappa shape index (κ2) is 9.63. The Hall–Kier alpha value is -1.24. The van der Waals surface area contributed by atoms with Crippen LogP contribution in [0.5, 0.6) is 6.01 Å². The third kappa shape index (κ3) is 6.27. The third-order valence-corrected chi connectivity index (χ3v) is 3.21. The van der Waals surface area contributed by atoms with E-state index in [0.717, 1.165) is 25.1 Å². The molecule has 2 N–H and O–H groups in total. The minimum Gasteiger partial charge on any atom is -0.463 e. The summed E-state index contributed by atoms with van der Waals surface area (Å²) >= 11 is 1.78. The lowest BCUT2D eigenvalue weighted by Gasteiger charge is -2.14. The van der Waals surface area contributed by atoms with Gasteiger partial charge in [-0.25, -0.2) is 0 Å². The molecular formula is C13H25N5OS. The summed E-state index contributed by atoms with van der Waals surface area (Å²) in [6.07, 6.45) is 4.02. The SMILES string of the molecule is CCCNc1nc(NC(C)CSC)nc(OCCC)n1. The minimum absolute atomic E-state index is 0.297. The number of thioether (sulfide) groups is 1. The Kier molecular flexibility index (Phi) is 8.10. The Morgan fingerprint density at radius 2 is 1.90 bits per heavy atom. The van der Waals surface area contributed by atoms with Crippen molar-refractivity contribution in [2.24, 2.45) is 0 Å². The molecule has 0 aliphatic heterocycles. The van der Waals surface area contributed by atoms with E-state index in [1.54, 1.807) is 11.8 Å². The van der Waals surface area contributed by atoms with Crippen molar-refractivity contribution >= 4 is 23.7 Å². The molecule has 0 aliphatic rings. The van der Waals surface area contributed by atoms with Crippen molar-refractivity contribution in [1.29, 1.82) is 0 Å². The van der Waals surface area contributed by atoms with E-state index in [0.29, 0.717) is 30.6 Å². The predicted molar refractivity (Wildman–Crippen MR) is 85.9 cm³/mol. The molecule has 1 rings (SSSR count). The second-order valence-corrected chi connectivity index (χ2v) is 5.45. The van der Waals surface area contributed by atoms with Crippen LogP contribution in [-0.4, -0.2) is 46.2 Å². The minimum atomic E-state index is 0.297. The molecule has 0 aliphatic carbocycles. The van der Waals surface area contributed by atoms with Crippen LogP contribution in [0.2, 0.25) is 0 Å². The monoisotopic (exact) mass is 299 g/mol. The highest BCUT2D eigenvalue weighted by molar-refractivity contribution is 7.98. The quantitative estimate of drug-likeness (QED) is 0.688. The van der Waals surface area contributed by atoms with Crippen LogP contribution in [-0.2, 0) is 0 Å². The van der Waals surface area contributed by atoms with Crippen LogP contribution in [0.25, 0.3) is 0 Å². The highest BCUT2D eigenvalue weighted by Crippen LogP contribution is 2.13. The average Bonchev–Trinajstić information content (AvgIpc) is 2.43. The standard InChI is InChI=1S/C13H25N5OS/c1-5-7-14-11-16-12(15-10(3)9-20-4)18-13(17-11)19-8-6-2/h10H,5-9H2,1-4H3,(H2,14,15,16,17,18). The van der Waals surface area contributed by atoms with Crippen LogP contribution in [0.4, 0.5) is 11.9 Å². The van der Waals surface area contributed by atoms with Gasteiger partial charge in [-0.3, -0.25) is 0 Å². The van der Waals surface area contributed by atoms with Gasteiger partial charge in [-0.15, -0.1) is 0 Å². The number of anilines is 2. The maximum atomic E-state index is 5.51. The number of hydrogen-bond donors (Lipinski definition) is 2. The largest absolute Gasteiger partial charge is 0.463 e. The molecule has 1 heterocycles. The van der Waals surface area contributed by atoms with Crippen molar-refractivity contribution in [3.05, 3.63) is 0 Å². The molecule has 6 nitrogen and oxygen atoms in total. The number of rotatable bonds is 10. The Morgan fingerprint density at radius 1 is 1.15 bits per heavy atom. The molecule has 1 unspecified atom stereocenters. The summed E-state index contributed by atoms with van der Waals surface area (Å²) < 4.78 is 5.51. The molecule has 0 amide bonds. The normalized spacial score (nSPS) is 12.0. The molecule has 0 saturated carbocycles. The summed E-state index contributed by atoms with van der Waals surface area (Å²) in [4.78, 5) is 12.9. The van der Waals surface area contributed by atoms with Gasteiger partial charge in [0.1, 0.15) is 0 Å². The number of nitrogens with one attached hydrogen (secondary N) is 2. The van der Waals surface area contributed by atoms with Crippen LogP contribution in [0.1, 0.15) is 33.6 Å². The van der Waals surface area contributed by atoms with Gasteiger partial charge >= 0.3 is 6.01 Å². The Labute approximate surface area is 125 Å². The molecule has 114 valence electrons. The van der Waals surface area contributed by atoms with Gasteiger partial charge in [0.05, 0.1) is 6.61 Å². The van der Waals surface area contributed by atoms with Gasteiger partial charge in [0.15, 0.2) is 0 Å². The maximum absolute atomic E-state index is 5.51. The first-order chi connectivity index (χ1) is 9.69. The fourth-order valence-corrected chi connectivity index (χ4v) is 2.09. The third-order valence-electron chi connectivity index (χ3n) is 2.38. The van der Waals surface area contributed by atoms with Crippen molar-refractivity contribution in [1.82, 2.24) is 15.0 Å². The first kappa shape index (κ1) is 16.8. The molecule has 20 heavy (non-hydrogen) atoms. The Bertz CT molecular complexity index is 365. The summed E-state index contributed by atoms with van der Waals surface area (Å²) in [5.41, 5.74) is 0. The van der Waals surface area contributed by atoms with Crippen molar-refractivity contribution in [2.45, 2.75) is 39.7 Å². The van der Waals surface area contributed by atoms with E-state index in [2.05, 4.69) is 52.6 Å². The molecule has 0 aromatic carbocycles. The lowest BCUT2D eigenvalue weighted by molar-refractivity contribution is 0.292. The lowest BCUT2D eigenvalue weighted by atomic mass is 10.4. The van der Waals surface area contributed by atoms with Crippen LogP contribution in [0.15, 0.2) is 0 Å². The molecular weight excluding hydrogens is 274 g/mol. The second-order valence-electron chi connectivity index (χ2n) is 4.54. The number of ether oxygens (including phenoxy) is 1. The molecule has 1 aromatic rings. The zero-order chi connectivity index (χ0) is 14.8. The predicted octanol–water partition coefficient (Wildman–Crippen LogP) is 2.65. The molecule has 1 aromatic heterocycles. The topological polar surface area (TPSA) is 72.0 Å². The summed E-state index contributed by atoms with van der Waals surface area (Å²) in [6.45, 7) is 7.69. The van der Waals surface area contributed by atoms with E-state index in [1.807, 2.05) is 0 Å². The molecule has 0 radical (unpaired) electrons. The molecule has 0 saturated heterocycles. The fraction of sp³-hybridized carbons (Fsp3) is 0.769. The van der Waals surface area contributed by atoms with E-state index in [-0.39, 0.29) is 0 Å². The molecule has 0 bridgehead atoms. The van der Waals surface area contributed by atoms with Crippen LogP contribution >= 0.6 is 11.8 Å². The smallest absolute Gasteiger partial charge is 0.323 e. The molecule has 0 spiro atoms. The summed E-state index contributed by atoms with van der Waals surface area (Å²) in [5, 5.41) is 6.44. The van der Waals surface area contributed by atoms with Crippen LogP contribution < -0.4 is 15.4 Å². The van der Waals surface area contributed by atoms with Crippen molar-refractivity contribution < 1.29 is 4.74 Å². The fourth-order valence-electron chi connectivity index (χ4n) is 1.51. The van der Waals surface area contributed by atoms with Gasteiger partial charge in [-0.05, 0) is 26.0 Å². The highest BCUT2D eigenvalue weighted by Gasteiger charge is 2.09. The van der Waals surface area contributed by atoms with Gasteiger partial charge < -0.3 is 15.4 Å². The van der Waals surface area contributed by atoms with E-state index in [1.165, 1.54) is 0 Å². The molecule has 7 heteroatoms. The first-order valence-corrected chi connectivity index (χ1v) is 8.47. The maximum Gasteiger partial charge on any atom is 0.323 e. The van der Waals surface area contributed by atoms with Gasteiger partial charge in [-0.2, -0.15) is 26.7 Å². The Balaban J connectivity index is 2.78. The lowest BCUT2D eigenvalue weighted by Crippen LogP contribution is -2.20. The summed E-state index contributed by atoms with van der Waals surface area (Å²) in [6, 6.07) is 0.671. The van der Waals surface area contributed by atoms with Crippen molar-refractivity contribution in [3.8, 4) is 6.01 Å². The molecule has 1 atom stereocenters. The Morgan fingerprint density at radius 3 is 2.55 bits per heavy atom. The van der Waals surface area contributed by atoms with E-state index in [4.69, 9.17) is 4.74 Å². The van der Waals surface area contributed by atoms with Crippen molar-refractivity contribution in [2.75, 3.05) is 35.8 Å². The number of aromatic nitrogens is 3. The van der Waals surface area contributed by atoms with Gasteiger partial charge in [-0.1, -0.05) is 13.8 Å². The van der Waals surface area contributed by atoms with Crippen LogP contribution in [0, 0.1) is 0 Å². The van der Waals surface area contributed by atoms with Gasteiger partial charge in [0.25, 0.3) is 0 Å². The zero-order valence-electron chi connectivity index (χ0n) is 12.8. The van der Waals surface area contributed by atoms with Gasteiger partial charge in [0, 0.05) is 18.3 Å². The average molecular weight is 299 g/mol. The van der Waals surface area contributed by atoms with E-state index in [9.17, 15) is 0 Å². The zero-order valence-corrected chi connectivity index (χ0v) is 13.6. The van der Waals surface area contributed by atoms with Crippen LogP contribution in [0.3, 0.4) is 0 Å². The van der Waals surface area contributed by atoms with Gasteiger partial charge in [0.2, 0.25) is 11.9 Å². The summed E-state index contributed by atoms with van der Waals surface area (Å²) in [7, 11) is 0. The summed E-state index contributed by atoms with van der Waals surface area (Å²) in [5.74, 6) is 2.12. The highest BCUT2D eigenvalue weighted by atomic mass is 32.2.